The first-order valence-electron chi connectivity index (χ1n) is 7.21. The monoisotopic (exact) mass is 273 g/mol. The fraction of sp³-hybridized carbons (Fsp3) is 0.500. The van der Waals surface area contributed by atoms with Crippen LogP contribution in [0.3, 0.4) is 0 Å². The number of hydrogen-bond donors (Lipinski definition) is 1. The van der Waals surface area contributed by atoms with E-state index in [-0.39, 0.29) is 6.04 Å². The Labute approximate surface area is 120 Å². The van der Waals surface area contributed by atoms with E-state index in [0.29, 0.717) is 11.8 Å². The SMILES string of the molecule is CCNC(CC)c1nnc(-c2c(C)cc(C)cc2C)o1. The van der Waals surface area contributed by atoms with Gasteiger partial charge in [0, 0.05) is 5.56 Å². The summed E-state index contributed by atoms with van der Waals surface area (Å²) in [4.78, 5) is 0. The van der Waals surface area contributed by atoms with Gasteiger partial charge in [0.1, 0.15) is 0 Å². The molecule has 4 heteroatoms. The van der Waals surface area contributed by atoms with Gasteiger partial charge in [-0.25, -0.2) is 0 Å². The van der Waals surface area contributed by atoms with E-state index in [1.165, 1.54) is 16.7 Å². The van der Waals surface area contributed by atoms with E-state index < -0.39 is 0 Å². The second-order valence-electron chi connectivity index (χ2n) is 5.24. The number of aryl methyl sites for hydroxylation is 3. The van der Waals surface area contributed by atoms with Gasteiger partial charge in [-0.1, -0.05) is 31.5 Å². The van der Waals surface area contributed by atoms with Crippen molar-refractivity contribution < 1.29 is 4.42 Å². The van der Waals surface area contributed by atoms with Crippen molar-refractivity contribution in [2.45, 2.75) is 47.1 Å². The fourth-order valence-corrected chi connectivity index (χ4v) is 2.65. The summed E-state index contributed by atoms with van der Waals surface area (Å²) in [6.07, 6.45) is 0.932. The molecule has 2 rings (SSSR count). The Bertz CT molecular complexity index is 566. The minimum Gasteiger partial charge on any atom is -0.419 e. The second-order valence-corrected chi connectivity index (χ2v) is 5.24. The van der Waals surface area contributed by atoms with Gasteiger partial charge < -0.3 is 9.73 Å². The van der Waals surface area contributed by atoms with Gasteiger partial charge in [-0.05, 0) is 44.9 Å². The molecule has 0 aliphatic heterocycles. The highest BCUT2D eigenvalue weighted by Gasteiger charge is 2.18. The fourth-order valence-electron chi connectivity index (χ4n) is 2.65. The summed E-state index contributed by atoms with van der Waals surface area (Å²) in [5.41, 5.74) is 4.66. The molecule has 0 aliphatic rings. The zero-order valence-electron chi connectivity index (χ0n) is 12.9. The van der Waals surface area contributed by atoms with Gasteiger partial charge in [-0.15, -0.1) is 10.2 Å². The van der Waals surface area contributed by atoms with Crippen LogP contribution in [0.25, 0.3) is 11.5 Å². The summed E-state index contributed by atoms with van der Waals surface area (Å²) >= 11 is 0. The summed E-state index contributed by atoms with van der Waals surface area (Å²) in [7, 11) is 0. The lowest BCUT2D eigenvalue weighted by Crippen LogP contribution is -2.20. The lowest BCUT2D eigenvalue weighted by molar-refractivity contribution is 0.402. The predicted molar refractivity (Wildman–Crippen MR) is 80.7 cm³/mol. The molecule has 0 amide bonds. The van der Waals surface area contributed by atoms with Crippen LogP contribution < -0.4 is 5.32 Å². The maximum atomic E-state index is 5.89. The van der Waals surface area contributed by atoms with Crippen LogP contribution in [0.5, 0.6) is 0 Å². The first kappa shape index (κ1) is 14.7. The van der Waals surface area contributed by atoms with E-state index in [0.717, 1.165) is 18.5 Å². The molecule has 0 bridgehead atoms. The third-order valence-corrected chi connectivity index (χ3v) is 3.49. The first-order chi connectivity index (χ1) is 9.56. The van der Waals surface area contributed by atoms with Crippen molar-refractivity contribution >= 4 is 0 Å². The molecule has 0 saturated heterocycles. The second kappa shape index (κ2) is 6.18. The smallest absolute Gasteiger partial charge is 0.248 e. The van der Waals surface area contributed by atoms with E-state index in [1.807, 2.05) is 0 Å². The summed E-state index contributed by atoms with van der Waals surface area (Å²) in [5.74, 6) is 1.29. The van der Waals surface area contributed by atoms with Crippen LogP contribution in [0.4, 0.5) is 0 Å². The molecular formula is C16H23N3O. The lowest BCUT2D eigenvalue weighted by atomic mass is 10.00. The Morgan fingerprint density at radius 2 is 1.75 bits per heavy atom. The first-order valence-corrected chi connectivity index (χ1v) is 7.21. The van der Waals surface area contributed by atoms with Gasteiger partial charge in [-0.3, -0.25) is 0 Å². The number of rotatable bonds is 5. The number of nitrogens with one attached hydrogen (secondary N) is 1. The minimum atomic E-state index is 0.132. The molecule has 1 unspecified atom stereocenters. The lowest BCUT2D eigenvalue weighted by Gasteiger charge is -2.10. The average Bonchev–Trinajstić information content (AvgIpc) is 2.84. The zero-order valence-corrected chi connectivity index (χ0v) is 12.9. The van der Waals surface area contributed by atoms with Gasteiger partial charge in [0.2, 0.25) is 11.8 Å². The van der Waals surface area contributed by atoms with Crippen LogP contribution in [0, 0.1) is 20.8 Å². The van der Waals surface area contributed by atoms with Gasteiger partial charge in [0.15, 0.2) is 0 Å². The van der Waals surface area contributed by atoms with Crippen molar-refractivity contribution in [2.24, 2.45) is 0 Å². The maximum absolute atomic E-state index is 5.89. The van der Waals surface area contributed by atoms with Crippen LogP contribution in [-0.2, 0) is 0 Å². The molecule has 2 aromatic rings. The van der Waals surface area contributed by atoms with E-state index in [4.69, 9.17) is 4.42 Å². The van der Waals surface area contributed by atoms with Crippen LogP contribution in [0.2, 0.25) is 0 Å². The van der Waals surface area contributed by atoms with Gasteiger partial charge in [0.25, 0.3) is 0 Å². The third-order valence-electron chi connectivity index (χ3n) is 3.49. The van der Waals surface area contributed by atoms with Crippen molar-refractivity contribution in [2.75, 3.05) is 6.54 Å². The van der Waals surface area contributed by atoms with Crippen molar-refractivity contribution in [3.05, 3.63) is 34.7 Å². The number of benzene rings is 1. The molecule has 0 radical (unpaired) electrons. The standard InChI is InChI=1S/C16H23N3O/c1-6-13(17-7-2)15-18-19-16(20-15)14-11(4)8-10(3)9-12(14)5/h8-9,13,17H,6-7H2,1-5H3. The molecular weight excluding hydrogens is 250 g/mol. The Morgan fingerprint density at radius 1 is 1.10 bits per heavy atom. The van der Waals surface area contributed by atoms with Gasteiger partial charge in [-0.2, -0.15) is 0 Å². The van der Waals surface area contributed by atoms with E-state index >= 15 is 0 Å². The summed E-state index contributed by atoms with van der Waals surface area (Å²) in [6, 6.07) is 4.43. The number of hydrogen-bond acceptors (Lipinski definition) is 4. The van der Waals surface area contributed by atoms with Crippen molar-refractivity contribution in [3.63, 3.8) is 0 Å². The highest BCUT2D eigenvalue weighted by molar-refractivity contribution is 5.63. The van der Waals surface area contributed by atoms with Crippen LogP contribution in [-0.4, -0.2) is 16.7 Å². The topological polar surface area (TPSA) is 51.0 Å². The third kappa shape index (κ3) is 2.90. The molecule has 1 aromatic carbocycles. The van der Waals surface area contributed by atoms with Crippen LogP contribution >= 0.6 is 0 Å². The molecule has 0 spiro atoms. The van der Waals surface area contributed by atoms with E-state index in [9.17, 15) is 0 Å². The molecule has 0 fully saturated rings. The molecule has 20 heavy (non-hydrogen) atoms. The minimum absolute atomic E-state index is 0.132. The molecule has 108 valence electrons. The highest BCUT2D eigenvalue weighted by Crippen LogP contribution is 2.28. The summed E-state index contributed by atoms with van der Waals surface area (Å²) in [5, 5.41) is 11.8. The molecule has 1 aromatic heterocycles. The van der Waals surface area contributed by atoms with Crippen LogP contribution in [0.15, 0.2) is 16.5 Å². The number of aromatic nitrogens is 2. The normalized spacial score (nSPS) is 12.7. The molecule has 0 aliphatic carbocycles. The van der Waals surface area contributed by atoms with E-state index in [2.05, 4.69) is 62.3 Å². The number of nitrogens with zero attached hydrogens (tertiary/aromatic N) is 2. The van der Waals surface area contributed by atoms with Crippen molar-refractivity contribution in [3.8, 4) is 11.5 Å². The average molecular weight is 273 g/mol. The summed E-state index contributed by atoms with van der Waals surface area (Å²) in [6.45, 7) is 11.3. The molecule has 1 heterocycles. The van der Waals surface area contributed by atoms with Gasteiger partial charge >= 0.3 is 0 Å². The molecule has 4 nitrogen and oxygen atoms in total. The molecule has 1 N–H and O–H groups in total. The van der Waals surface area contributed by atoms with Gasteiger partial charge in [0.05, 0.1) is 6.04 Å². The van der Waals surface area contributed by atoms with E-state index in [1.54, 1.807) is 0 Å². The summed E-state index contributed by atoms with van der Waals surface area (Å²) < 4.78 is 5.89. The predicted octanol–water partition coefficient (Wildman–Crippen LogP) is 3.72. The zero-order chi connectivity index (χ0) is 14.7. The largest absolute Gasteiger partial charge is 0.419 e. The Kier molecular flexibility index (Phi) is 4.55. The van der Waals surface area contributed by atoms with Crippen LogP contribution in [0.1, 0.15) is 48.9 Å². The van der Waals surface area contributed by atoms with Crippen molar-refractivity contribution in [1.29, 1.82) is 0 Å². The highest BCUT2D eigenvalue weighted by atomic mass is 16.4. The maximum Gasteiger partial charge on any atom is 0.248 e. The molecule has 1 atom stereocenters. The Hall–Kier alpha value is -1.68. The Balaban J connectivity index is 2.38. The Morgan fingerprint density at radius 3 is 2.30 bits per heavy atom. The quantitative estimate of drug-likeness (QED) is 0.902. The molecule has 0 saturated carbocycles. The van der Waals surface area contributed by atoms with Crippen molar-refractivity contribution in [1.82, 2.24) is 15.5 Å².